The van der Waals surface area contributed by atoms with Gasteiger partial charge in [-0.3, -0.25) is 4.90 Å². The van der Waals surface area contributed by atoms with E-state index < -0.39 is 12.7 Å². The van der Waals surface area contributed by atoms with Crippen molar-refractivity contribution in [3.05, 3.63) is 16.1 Å². The Bertz CT molecular complexity index is 452. The predicted octanol–water partition coefficient (Wildman–Crippen LogP) is 2.92. The van der Waals surface area contributed by atoms with E-state index in [1.807, 2.05) is 5.38 Å². The van der Waals surface area contributed by atoms with Crippen molar-refractivity contribution in [2.24, 2.45) is 0 Å². The molecule has 2 aliphatic carbocycles. The van der Waals surface area contributed by atoms with Crippen LogP contribution in [0.15, 0.2) is 5.38 Å². The van der Waals surface area contributed by atoms with E-state index in [4.69, 9.17) is 0 Å². The molecule has 3 rings (SSSR count). The molecule has 1 aromatic rings. The number of aromatic nitrogens is 1. The summed E-state index contributed by atoms with van der Waals surface area (Å²) in [6.45, 7) is 0.215. The lowest BCUT2D eigenvalue weighted by Crippen LogP contribution is -2.35. The fourth-order valence-corrected chi connectivity index (χ4v) is 2.95. The van der Waals surface area contributed by atoms with Crippen LogP contribution in [-0.4, -0.2) is 34.7 Å². The van der Waals surface area contributed by atoms with Crippen LogP contribution in [0.4, 0.5) is 13.2 Å². The van der Waals surface area contributed by atoms with Crippen LogP contribution in [0, 0.1) is 0 Å². The minimum atomic E-state index is -4.13. The molecule has 0 amide bonds. The van der Waals surface area contributed by atoms with Gasteiger partial charge in [0.05, 0.1) is 12.2 Å². The highest BCUT2D eigenvalue weighted by Crippen LogP contribution is 2.31. The summed E-state index contributed by atoms with van der Waals surface area (Å²) in [6.07, 6.45) is 0.0557. The molecule has 112 valence electrons. The number of alkyl halides is 3. The van der Waals surface area contributed by atoms with Crippen molar-refractivity contribution in [1.82, 2.24) is 15.2 Å². The van der Waals surface area contributed by atoms with Gasteiger partial charge >= 0.3 is 6.18 Å². The van der Waals surface area contributed by atoms with Crippen LogP contribution in [0.2, 0.25) is 0 Å². The number of halogens is 3. The van der Waals surface area contributed by atoms with Gasteiger partial charge in [0, 0.05) is 30.6 Å². The third kappa shape index (κ3) is 4.43. The van der Waals surface area contributed by atoms with Gasteiger partial charge in [-0.2, -0.15) is 13.2 Å². The zero-order valence-corrected chi connectivity index (χ0v) is 11.9. The van der Waals surface area contributed by atoms with E-state index in [2.05, 4.69) is 10.3 Å². The Kier molecular flexibility index (Phi) is 4.01. The molecule has 2 aliphatic rings. The zero-order chi connectivity index (χ0) is 14.2. The van der Waals surface area contributed by atoms with Gasteiger partial charge < -0.3 is 5.32 Å². The standard InChI is InChI=1S/C13H18F3N3S/c14-13(15,16)8-19(11-3-4-11)6-10-7-20-12(18-10)5-17-9-1-2-9/h7,9,11,17H,1-6,8H2. The molecule has 1 aromatic heterocycles. The molecule has 1 heterocycles. The number of nitrogens with one attached hydrogen (secondary N) is 1. The Morgan fingerprint density at radius 3 is 2.65 bits per heavy atom. The van der Waals surface area contributed by atoms with Crippen molar-refractivity contribution >= 4 is 11.3 Å². The smallest absolute Gasteiger partial charge is 0.308 e. The average molecular weight is 305 g/mol. The van der Waals surface area contributed by atoms with E-state index >= 15 is 0 Å². The van der Waals surface area contributed by atoms with Gasteiger partial charge in [-0.05, 0) is 25.7 Å². The first-order valence-corrected chi connectivity index (χ1v) is 7.85. The number of thiazole rings is 1. The monoisotopic (exact) mass is 305 g/mol. The largest absolute Gasteiger partial charge is 0.401 e. The van der Waals surface area contributed by atoms with E-state index in [0.29, 0.717) is 12.6 Å². The summed E-state index contributed by atoms with van der Waals surface area (Å²) in [5.41, 5.74) is 0.763. The van der Waals surface area contributed by atoms with Gasteiger partial charge in [0.2, 0.25) is 0 Å². The highest BCUT2D eigenvalue weighted by atomic mass is 32.1. The number of rotatable bonds is 7. The Morgan fingerprint density at radius 2 is 2.05 bits per heavy atom. The molecular weight excluding hydrogens is 287 g/mol. The lowest BCUT2D eigenvalue weighted by Gasteiger charge is -2.22. The molecule has 0 atom stereocenters. The van der Waals surface area contributed by atoms with Crippen molar-refractivity contribution in [2.75, 3.05) is 6.54 Å². The summed E-state index contributed by atoms with van der Waals surface area (Å²) in [5, 5.41) is 6.22. The summed E-state index contributed by atoms with van der Waals surface area (Å²) in [5.74, 6) is 0. The van der Waals surface area contributed by atoms with Gasteiger partial charge in [-0.25, -0.2) is 4.98 Å². The van der Waals surface area contributed by atoms with Gasteiger partial charge in [0.1, 0.15) is 5.01 Å². The molecule has 20 heavy (non-hydrogen) atoms. The van der Waals surface area contributed by atoms with Crippen molar-refractivity contribution in [1.29, 1.82) is 0 Å². The maximum atomic E-state index is 12.5. The van der Waals surface area contributed by atoms with E-state index in [1.54, 1.807) is 0 Å². The van der Waals surface area contributed by atoms with Crippen LogP contribution in [-0.2, 0) is 13.1 Å². The normalized spacial score (nSPS) is 19.8. The van der Waals surface area contributed by atoms with E-state index in [1.165, 1.54) is 29.1 Å². The highest BCUT2D eigenvalue weighted by Gasteiger charge is 2.38. The van der Waals surface area contributed by atoms with E-state index in [-0.39, 0.29) is 6.04 Å². The van der Waals surface area contributed by atoms with Gasteiger partial charge in [0.25, 0.3) is 0 Å². The summed E-state index contributed by atoms with van der Waals surface area (Å²) >= 11 is 1.53. The second-order valence-corrected chi connectivity index (χ2v) is 6.58. The summed E-state index contributed by atoms with van der Waals surface area (Å²) in [4.78, 5) is 5.94. The number of nitrogens with zero attached hydrogens (tertiary/aromatic N) is 2. The Labute approximate surface area is 120 Å². The topological polar surface area (TPSA) is 28.2 Å². The van der Waals surface area contributed by atoms with Crippen LogP contribution >= 0.6 is 11.3 Å². The molecule has 2 saturated carbocycles. The average Bonchev–Trinajstić information content (AvgIpc) is 3.24. The third-order valence-electron chi connectivity index (χ3n) is 3.53. The minimum Gasteiger partial charge on any atom is -0.308 e. The first kappa shape index (κ1) is 14.3. The number of hydrogen-bond acceptors (Lipinski definition) is 4. The second kappa shape index (κ2) is 5.61. The molecule has 0 saturated heterocycles. The van der Waals surface area contributed by atoms with E-state index in [0.717, 1.165) is 30.1 Å². The zero-order valence-electron chi connectivity index (χ0n) is 11.1. The van der Waals surface area contributed by atoms with E-state index in [9.17, 15) is 13.2 Å². The van der Waals surface area contributed by atoms with Crippen molar-refractivity contribution < 1.29 is 13.2 Å². The maximum Gasteiger partial charge on any atom is 0.401 e. The Hall–Kier alpha value is -0.660. The lowest BCUT2D eigenvalue weighted by atomic mass is 10.4. The SMILES string of the molecule is FC(F)(F)CN(Cc1csc(CNC2CC2)n1)C1CC1. The molecule has 0 spiro atoms. The lowest BCUT2D eigenvalue weighted by molar-refractivity contribution is -0.148. The molecule has 0 aliphatic heterocycles. The van der Waals surface area contributed by atoms with Crippen molar-refractivity contribution in [3.63, 3.8) is 0 Å². The highest BCUT2D eigenvalue weighted by molar-refractivity contribution is 7.09. The minimum absolute atomic E-state index is 0.0892. The van der Waals surface area contributed by atoms with Crippen LogP contribution in [0.3, 0.4) is 0 Å². The second-order valence-electron chi connectivity index (χ2n) is 5.64. The quantitative estimate of drug-likeness (QED) is 0.839. The summed E-state index contributed by atoms with van der Waals surface area (Å²) < 4.78 is 37.6. The molecule has 0 unspecified atom stereocenters. The Balaban J connectivity index is 1.54. The van der Waals surface area contributed by atoms with Crippen molar-refractivity contribution in [2.45, 2.75) is 57.0 Å². The molecule has 1 N–H and O–H groups in total. The molecule has 0 bridgehead atoms. The Morgan fingerprint density at radius 1 is 1.30 bits per heavy atom. The predicted molar refractivity (Wildman–Crippen MR) is 71.5 cm³/mol. The van der Waals surface area contributed by atoms with Gasteiger partial charge in [-0.1, -0.05) is 0 Å². The van der Waals surface area contributed by atoms with Crippen LogP contribution in [0.25, 0.3) is 0 Å². The van der Waals surface area contributed by atoms with Crippen LogP contribution < -0.4 is 5.32 Å². The van der Waals surface area contributed by atoms with Crippen molar-refractivity contribution in [3.8, 4) is 0 Å². The molecule has 0 radical (unpaired) electrons. The number of hydrogen-bond donors (Lipinski definition) is 1. The molecular formula is C13H18F3N3S. The first-order valence-electron chi connectivity index (χ1n) is 6.97. The molecule has 7 heteroatoms. The van der Waals surface area contributed by atoms with Crippen LogP contribution in [0.1, 0.15) is 36.4 Å². The van der Waals surface area contributed by atoms with Gasteiger partial charge in [-0.15, -0.1) is 11.3 Å². The molecule has 2 fully saturated rings. The fraction of sp³-hybridized carbons (Fsp3) is 0.769. The molecule has 0 aromatic carbocycles. The summed E-state index contributed by atoms with van der Waals surface area (Å²) in [7, 11) is 0. The fourth-order valence-electron chi connectivity index (χ4n) is 2.21. The summed E-state index contributed by atoms with van der Waals surface area (Å²) in [6, 6.07) is 0.710. The van der Waals surface area contributed by atoms with Gasteiger partial charge in [0.15, 0.2) is 0 Å². The molecule has 3 nitrogen and oxygen atoms in total. The maximum absolute atomic E-state index is 12.5. The third-order valence-corrected chi connectivity index (χ3v) is 4.43. The van der Waals surface area contributed by atoms with Crippen LogP contribution in [0.5, 0.6) is 0 Å². The first-order chi connectivity index (χ1) is 9.49.